The lowest BCUT2D eigenvalue weighted by Gasteiger charge is -2.17. The fourth-order valence-electron chi connectivity index (χ4n) is 1.19. The highest BCUT2D eigenvalue weighted by molar-refractivity contribution is 4.63. The predicted molar refractivity (Wildman–Crippen MR) is 61.3 cm³/mol. The van der Waals surface area contributed by atoms with Crippen molar-refractivity contribution in [2.45, 2.75) is 26.3 Å². The van der Waals surface area contributed by atoms with Crippen molar-refractivity contribution in [1.82, 2.24) is 5.32 Å². The zero-order valence-electron chi connectivity index (χ0n) is 10.3. The van der Waals surface area contributed by atoms with Gasteiger partial charge in [-0.2, -0.15) is 0 Å². The largest absolute Gasteiger partial charge is 0.382 e. The maximum absolute atomic E-state index is 5.48. The van der Waals surface area contributed by atoms with E-state index in [1.54, 1.807) is 7.11 Å². The van der Waals surface area contributed by atoms with Gasteiger partial charge in [-0.15, -0.1) is 0 Å². The average Bonchev–Trinajstić information content (AvgIpc) is 2.24. The van der Waals surface area contributed by atoms with Gasteiger partial charge in [-0.25, -0.2) is 0 Å². The van der Waals surface area contributed by atoms with Crippen molar-refractivity contribution in [2.75, 3.05) is 46.7 Å². The van der Waals surface area contributed by atoms with Crippen molar-refractivity contribution < 1.29 is 14.2 Å². The lowest BCUT2D eigenvalue weighted by molar-refractivity contribution is 0.0330. The molecule has 0 aliphatic heterocycles. The van der Waals surface area contributed by atoms with Crippen molar-refractivity contribution in [3.8, 4) is 0 Å². The summed E-state index contributed by atoms with van der Waals surface area (Å²) in [6, 6.07) is 0.290. The molecule has 0 spiro atoms. The maximum Gasteiger partial charge on any atom is 0.0701 e. The van der Waals surface area contributed by atoms with Crippen LogP contribution in [0.1, 0.15) is 20.3 Å². The number of likely N-dealkylation sites (N-methyl/N-ethyl adjacent to an activating group) is 1. The minimum Gasteiger partial charge on any atom is -0.382 e. The van der Waals surface area contributed by atoms with Gasteiger partial charge in [0.15, 0.2) is 0 Å². The summed E-state index contributed by atoms with van der Waals surface area (Å²) >= 11 is 0. The summed E-state index contributed by atoms with van der Waals surface area (Å²) in [5, 5.41) is 3.33. The third-order valence-electron chi connectivity index (χ3n) is 1.91. The molecule has 0 saturated carbocycles. The predicted octanol–water partition coefficient (Wildman–Crippen LogP) is 1.05. The van der Waals surface area contributed by atoms with E-state index in [0.717, 1.165) is 19.6 Å². The molecule has 15 heavy (non-hydrogen) atoms. The average molecular weight is 219 g/mol. The number of rotatable bonds is 11. The summed E-state index contributed by atoms with van der Waals surface area (Å²) in [5.74, 6) is 0. The Hall–Kier alpha value is -0.160. The fourth-order valence-corrected chi connectivity index (χ4v) is 1.19. The van der Waals surface area contributed by atoms with Crippen LogP contribution in [-0.2, 0) is 14.2 Å². The second-order valence-electron chi connectivity index (χ2n) is 3.40. The van der Waals surface area contributed by atoms with E-state index in [9.17, 15) is 0 Å². The molecule has 0 aromatic heterocycles. The van der Waals surface area contributed by atoms with Gasteiger partial charge < -0.3 is 19.5 Å². The molecular formula is C11H25NO3. The molecule has 1 N–H and O–H groups in total. The van der Waals surface area contributed by atoms with Gasteiger partial charge in [-0.3, -0.25) is 0 Å². The van der Waals surface area contributed by atoms with Crippen LogP contribution in [0.3, 0.4) is 0 Å². The SMILES string of the molecule is CCCOCC(COCCOC)NCC. The van der Waals surface area contributed by atoms with E-state index in [-0.39, 0.29) is 0 Å². The molecule has 0 aliphatic rings. The van der Waals surface area contributed by atoms with Crippen LogP contribution in [0.5, 0.6) is 0 Å². The minimum absolute atomic E-state index is 0.290. The first-order valence-corrected chi connectivity index (χ1v) is 5.72. The molecule has 0 rings (SSSR count). The summed E-state index contributed by atoms with van der Waals surface area (Å²) in [4.78, 5) is 0. The van der Waals surface area contributed by atoms with Gasteiger partial charge in [0.25, 0.3) is 0 Å². The standard InChI is InChI=1S/C11H25NO3/c1-4-6-14-9-11(12-5-2)10-15-8-7-13-3/h11-12H,4-10H2,1-3H3. The summed E-state index contributed by atoms with van der Waals surface area (Å²) < 4.78 is 15.8. The van der Waals surface area contributed by atoms with Crippen LogP contribution in [0.25, 0.3) is 0 Å². The van der Waals surface area contributed by atoms with Gasteiger partial charge in [0, 0.05) is 13.7 Å². The number of hydrogen-bond acceptors (Lipinski definition) is 4. The zero-order valence-corrected chi connectivity index (χ0v) is 10.3. The molecule has 4 heteroatoms. The molecule has 0 bridgehead atoms. The topological polar surface area (TPSA) is 39.7 Å². The first-order valence-electron chi connectivity index (χ1n) is 5.72. The van der Waals surface area contributed by atoms with Crippen LogP contribution in [0, 0.1) is 0 Å². The molecule has 4 nitrogen and oxygen atoms in total. The Kier molecular flexibility index (Phi) is 11.8. The molecule has 0 aliphatic carbocycles. The van der Waals surface area contributed by atoms with Gasteiger partial charge in [0.1, 0.15) is 0 Å². The van der Waals surface area contributed by atoms with E-state index in [4.69, 9.17) is 14.2 Å². The first kappa shape index (κ1) is 14.8. The van der Waals surface area contributed by atoms with E-state index >= 15 is 0 Å². The summed E-state index contributed by atoms with van der Waals surface area (Å²) in [5.41, 5.74) is 0. The Morgan fingerprint density at radius 1 is 1.00 bits per heavy atom. The number of methoxy groups -OCH3 is 1. The van der Waals surface area contributed by atoms with Crippen LogP contribution in [-0.4, -0.2) is 52.7 Å². The highest BCUT2D eigenvalue weighted by Gasteiger charge is 2.06. The Labute approximate surface area is 93.3 Å². The van der Waals surface area contributed by atoms with Crippen LogP contribution in [0.15, 0.2) is 0 Å². The Balaban J connectivity index is 3.44. The molecule has 1 unspecified atom stereocenters. The second kappa shape index (κ2) is 11.9. The summed E-state index contributed by atoms with van der Waals surface area (Å²) in [7, 11) is 1.68. The smallest absolute Gasteiger partial charge is 0.0701 e. The van der Waals surface area contributed by atoms with Gasteiger partial charge in [0.05, 0.1) is 32.5 Å². The Morgan fingerprint density at radius 3 is 2.20 bits per heavy atom. The van der Waals surface area contributed by atoms with Gasteiger partial charge >= 0.3 is 0 Å². The number of hydrogen-bond donors (Lipinski definition) is 1. The molecule has 0 heterocycles. The van der Waals surface area contributed by atoms with E-state index in [2.05, 4.69) is 19.2 Å². The zero-order chi connectivity index (χ0) is 11.4. The molecule has 0 amide bonds. The summed E-state index contributed by atoms with van der Waals surface area (Å²) in [6.45, 7) is 8.64. The van der Waals surface area contributed by atoms with E-state index < -0.39 is 0 Å². The molecule has 0 fully saturated rings. The van der Waals surface area contributed by atoms with Gasteiger partial charge in [-0.1, -0.05) is 13.8 Å². The molecule has 1 atom stereocenters. The van der Waals surface area contributed by atoms with Crippen molar-refractivity contribution in [3.05, 3.63) is 0 Å². The van der Waals surface area contributed by atoms with Gasteiger partial charge in [0.2, 0.25) is 0 Å². The Morgan fingerprint density at radius 2 is 1.67 bits per heavy atom. The minimum atomic E-state index is 0.290. The molecule has 0 radical (unpaired) electrons. The normalized spacial score (nSPS) is 13.0. The quantitative estimate of drug-likeness (QED) is 0.527. The van der Waals surface area contributed by atoms with E-state index in [1.165, 1.54) is 0 Å². The lowest BCUT2D eigenvalue weighted by Crippen LogP contribution is -2.37. The Bertz CT molecular complexity index is 122. The highest BCUT2D eigenvalue weighted by Crippen LogP contribution is 1.90. The van der Waals surface area contributed by atoms with Crippen LogP contribution < -0.4 is 5.32 Å². The van der Waals surface area contributed by atoms with Crippen LogP contribution >= 0.6 is 0 Å². The van der Waals surface area contributed by atoms with Crippen molar-refractivity contribution in [1.29, 1.82) is 0 Å². The number of ether oxygens (including phenoxy) is 3. The fraction of sp³-hybridized carbons (Fsp3) is 1.00. The van der Waals surface area contributed by atoms with Crippen molar-refractivity contribution in [2.24, 2.45) is 0 Å². The van der Waals surface area contributed by atoms with Crippen molar-refractivity contribution >= 4 is 0 Å². The molecule has 0 saturated heterocycles. The van der Waals surface area contributed by atoms with Crippen LogP contribution in [0.4, 0.5) is 0 Å². The summed E-state index contributed by atoms with van der Waals surface area (Å²) in [6.07, 6.45) is 1.06. The molecule has 0 aromatic rings. The maximum atomic E-state index is 5.48. The molecule has 0 aromatic carbocycles. The molecular weight excluding hydrogens is 194 g/mol. The second-order valence-corrected chi connectivity index (χ2v) is 3.40. The van der Waals surface area contributed by atoms with Crippen molar-refractivity contribution in [3.63, 3.8) is 0 Å². The molecule has 92 valence electrons. The monoisotopic (exact) mass is 219 g/mol. The van der Waals surface area contributed by atoms with Crippen LogP contribution in [0.2, 0.25) is 0 Å². The van der Waals surface area contributed by atoms with Gasteiger partial charge in [-0.05, 0) is 13.0 Å². The number of nitrogens with one attached hydrogen (secondary N) is 1. The first-order chi connectivity index (χ1) is 7.35. The third-order valence-corrected chi connectivity index (χ3v) is 1.91. The highest BCUT2D eigenvalue weighted by atomic mass is 16.5. The van der Waals surface area contributed by atoms with E-state index in [0.29, 0.717) is 32.5 Å². The lowest BCUT2D eigenvalue weighted by atomic mass is 10.3. The third kappa shape index (κ3) is 10.1. The van der Waals surface area contributed by atoms with E-state index in [1.807, 2.05) is 0 Å².